The summed E-state index contributed by atoms with van der Waals surface area (Å²) < 4.78 is 39.0. The molecule has 0 aliphatic heterocycles. The Morgan fingerprint density at radius 2 is 1.70 bits per heavy atom. The van der Waals surface area contributed by atoms with Crippen LogP contribution in [-0.4, -0.2) is 22.2 Å². The van der Waals surface area contributed by atoms with Gasteiger partial charge in [-0.05, 0) is 36.6 Å². The van der Waals surface area contributed by atoms with Crippen molar-refractivity contribution in [2.24, 2.45) is 5.41 Å². The van der Waals surface area contributed by atoms with Gasteiger partial charge in [-0.2, -0.15) is 13.2 Å². The van der Waals surface area contributed by atoms with Gasteiger partial charge in [0, 0.05) is 10.4 Å². The van der Waals surface area contributed by atoms with Gasteiger partial charge in [-0.1, -0.05) is 29.8 Å². The molecule has 4 nitrogen and oxygen atoms in total. The number of halogens is 4. The van der Waals surface area contributed by atoms with Crippen molar-refractivity contribution in [2.75, 3.05) is 0 Å². The van der Waals surface area contributed by atoms with Crippen LogP contribution in [0.2, 0.25) is 0 Å². The van der Waals surface area contributed by atoms with Crippen molar-refractivity contribution in [3.8, 4) is 0 Å². The van der Waals surface area contributed by atoms with Crippen molar-refractivity contribution < 1.29 is 33.0 Å². The number of carboxylic acids is 2. The van der Waals surface area contributed by atoms with E-state index < -0.39 is 35.0 Å². The number of carbonyl (C=O) groups is 2. The van der Waals surface area contributed by atoms with E-state index in [4.69, 9.17) is 0 Å². The molecule has 1 rings (SSSR count). The predicted octanol–water partition coefficient (Wildman–Crippen LogP) is 4.53. The molecular formula is C15H16BrF3O4. The summed E-state index contributed by atoms with van der Waals surface area (Å²) in [5, 5.41) is 18.9. The Morgan fingerprint density at radius 1 is 1.17 bits per heavy atom. The van der Waals surface area contributed by atoms with Gasteiger partial charge in [0.1, 0.15) is 0 Å². The van der Waals surface area contributed by atoms with Crippen LogP contribution in [0.1, 0.15) is 43.7 Å². The van der Waals surface area contributed by atoms with Crippen LogP contribution in [0, 0.1) is 5.41 Å². The first-order valence-electron chi connectivity index (χ1n) is 6.85. The summed E-state index contributed by atoms with van der Waals surface area (Å²) in [7, 11) is 0. The number of carboxylic acid groups (broad SMARTS) is 2. The highest BCUT2D eigenvalue weighted by molar-refractivity contribution is 9.10. The van der Waals surface area contributed by atoms with Crippen LogP contribution >= 0.6 is 15.9 Å². The zero-order valence-electron chi connectivity index (χ0n) is 12.4. The summed E-state index contributed by atoms with van der Waals surface area (Å²) in [6.45, 7) is 2.94. The maximum absolute atomic E-state index is 12.9. The summed E-state index contributed by atoms with van der Waals surface area (Å²) in [4.78, 5) is 23.3. The first-order chi connectivity index (χ1) is 10.5. The Balaban J connectivity index is 3.62. The second-order valence-electron chi connectivity index (χ2n) is 5.13. The van der Waals surface area contributed by atoms with Gasteiger partial charge in [-0.25, -0.2) is 0 Å². The number of aliphatic carboxylic acids is 2. The van der Waals surface area contributed by atoms with Gasteiger partial charge in [0.15, 0.2) is 5.41 Å². The first kappa shape index (κ1) is 19.5. The van der Waals surface area contributed by atoms with E-state index in [1.807, 2.05) is 0 Å². The number of rotatable bonds is 6. The number of hydrogen-bond donors (Lipinski definition) is 2. The van der Waals surface area contributed by atoms with Crippen LogP contribution in [0.5, 0.6) is 0 Å². The predicted molar refractivity (Wildman–Crippen MR) is 80.2 cm³/mol. The fourth-order valence-electron chi connectivity index (χ4n) is 2.76. The van der Waals surface area contributed by atoms with Crippen molar-refractivity contribution in [2.45, 2.75) is 38.8 Å². The van der Waals surface area contributed by atoms with Gasteiger partial charge in [0.2, 0.25) is 0 Å². The van der Waals surface area contributed by atoms with Crippen LogP contribution < -0.4 is 0 Å². The van der Waals surface area contributed by atoms with E-state index in [-0.39, 0.29) is 22.9 Å². The molecule has 0 heterocycles. The molecule has 1 aromatic rings. The SMILES string of the molecule is CCC(c1cc(C(F)(F)F)ccc1Br)C(CC)(C(=O)O)C(=O)O. The molecule has 0 fully saturated rings. The summed E-state index contributed by atoms with van der Waals surface area (Å²) >= 11 is 3.11. The smallest absolute Gasteiger partial charge is 0.416 e. The lowest BCUT2D eigenvalue weighted by molar-refractivity contribution is -0.167. The second kappa shape index (κ2) is 6.90. The van der Waals surface area contributed by atoms with Crippen molar-refractivity contribution in [3.05, 3.63) is 33.8 Å². The van der Waals surface area contributed by atoms with E-state index in [0.29, 0.717) is 0 Å². The highest BCUT2D eigenvalue weighted by Gasteiger charge is 2.52. The molecule has 23 heavy (non-hydrogen) atoms. The van der Waals surface area contributed by atoms with Crippen LogP contribution in [0.15, 0.2) is 22.7 Å². The van der Waals surface area contributed by atoms with Gasteiger partial charge in [0.05, 0.1) is 5.56 Å². The summed E-state index contributed by atoms with van der Waals surface area (Å²) in [5.74, 6) is -4.24. The normalized spacial score (nSPS) is 13.7. The average molecular weight is 397 g/mol. The molecule has 0 aromatic heterocycles. The van der Waals surface area contributed by atoms with E-state index in [0.717, 1.165) is 18.2 Å². The lowest BCUT2D eigenvalue weighted by Gasteiger charge is -2.33. The third kappa shape index (κ3) is 3.52. The molecule has 128 valence electrons. The van der Waals surface area contributed by atoms with E-state index in [9.17, 15) is 33.0 Å². The van der Waals surface area contributed by atoms with Crippen molar-refractivity contribution in [3.63, 3.8) is 0 Å². The fraction of sp³-hybridized carbons (Fsp3) is 0.467. The van der Waals surface area contributed by atoms with Gasteiger partial charge >= 0.3 is 18.1 Å². The first-order valence-corrected chi connectivity index (χ1v) is 7.65. The lowest BCUT2D eigenvalue weighted by Crippen LogP contribution is -2.44. The minimum absolute atomic E-state index is 0.0222. The molecule has 0 saturated heterocycles. The molecule has 8 heteroatoms. The Hall–Kier alpha value is -1.57. The topological polar surface area (TPSA) is 74.6 Å². The summed E-state index contributed by atoms with van der Waals surface area (Å²) in [6.07, 6.45) is -4.79. The second-order valence-corrected chi connectivity index (χ2v) is 5.98. The standard InChI is InChI=1S/C15H16BrF3O4/c1-3-10(14(4-2,12(20)21)13(22)23)9-7-8(15(17,18)19)5-6-11(9)16/h5-7,10H,3-4H2,1-2H3,(H,20,21)(H,22,23). The quantitative estimate of drug-likeness (QED) is 0.692. The third-order valence-corrected chi connectivity index (χ3v) is 4.74. The number of benzene rings is 1. The monoisotopic (exact) mass is 396 g/mol. The molecule has 0 bridgehead atoms. The maximum Gasteiger partial charge on any atom is 0.416 e. The van der Waals surface area contributed by atoms with E-state index in [1.54, 1.807) is 6.92 Å². The largest absolute Gasteiger partial charge is 0.480 e. The van der Waals surface area contributed by atoms with Crippen LogP contribution in [0.3, 0.4) is 0 Å². The molecule has 1 unspecified atom stereocenters. The highest BCUT2D eigenvalue weighted by atomic mass is 79.9. The number of hydrogen-bond acceptors (Lipinski definition) is 2. The van der Waals surface area contributed by atoms with Crippen molar-refractivity contribution >= 4 is 27.9 Å². The maximum atomic E-state index is 12.9. The van der Waals surface area contributed by atoms with E-state index in [2.05, 4.69) is 15.9 Å². The molecule has 0 spiro atoms. The molecule has 1 aromatic carbocycles. The van der Waals surface area contributed by atoms with Gasteiger partial charge in [-0.3, -0.25) is 9.59 Å². The van der Waals surface area contributed by atoms with Crippen molar-refractivity contribution in [1.29, 1.82) is 0 Å². The van der Waals surface area contributed by atoms with E-state index in [1.165, 1.54) is 6.92 Å². The molecule has 0 aliphatic rings. The Bertz CT molecular complexity index is 599. The molecule has 1 atom stereocenters. The molecular weight excluding hydrogens is 381 g/mol. The zero-order chi connectivity index (χ0) is 18.0. The Labute approximate surface area is 139 Å². The molecule has 0 amide bonds. The van der Waals surface area contributed by atoms with Crippen LogP contribution in [0.25, 0.3) is 0 Å². The van der Waals surface area contributed by atoms with Gasteiger partial charge in [0.25, 0.3) is 0 Å². The van der Waals surface area contributed by atoms with Crippen LogP contribution in [-0.2, 0) is 15.8 Å². The minimum Gasteiger partial charge on any atom is -0.480 e. The van der Waals surface area contributed by atoms with Crippen LogP contribution in [0.4, 0.5) is 13.2 Å². The molecule has 2 N–H and O–H groups in total. The highest BCUT2D eigenvalue weighted by Crippen LogP contribution is 2.46. The molecule has 0 saturated carbocycles. The summed E-state index contributed by atoms with van der Waals surface area (Å²) in [5.41, 5.74) is -3.12. The Morgan fingerprint density at radius 3 is 2.04 bits per heavy atom. The molecule has 0 radical (unpaired) electrons. The fourth-order valence-corrected chi connectivity index (χ4v) is 3.28. The van der Waals surface area contributed by atoms with Gasteiger partial charge < -0.3 is 10.2 Å². The third-order valence-electron chi connectivity index (χ3n) is 4.02. The van der Waals surface area contributed by atoms with Gasteiger partial charge in [-0.15, -0.1) is 0 Å². The number of alkyl halides is 3. The Kier molecular flexibility index (Phi) is 5.84. The molecule has 0 aliphatic carbocycles. The average Bonchev–Trinajstić information content (AvgIpc) is 2.43. The summed E-state index contributed by atoms with van der Waals surface area (Å²) in [6, 6.07) is 2.83. The van der Waals surface area contributed by atoms with E-state index >= 15 is 0 Å². The van der Waals surface area contributed by atoms with Crippen molar-refractivity contribution in [1.82, 2.24) is 0 Å². The minimum atomic E-state index is -4.60. The lowest BCUT2D eigenvalue weighted by atomic mass is 9.68. The zero-order valence-corrected chi connectivity index (χ0v) is 14.0.